The highest BCUT2D eigenvalue weighted by Gasteiger charge is 2.29. The Morgan fingerprint density at radius 2 is 2.41 bits per heavy atom. The van der Waals surface area contributed by atoms with Crippen LogP contribution >= 0.6 is 11.6 Å². The summed E-state index contributed by atoms with van der Waals surface area (Å²) < 4.78 is 0. The standard InChI is InChI=1S/C16H19ClN4O/c17-14-4-1-3-13(9-14)15-5-2-8-21(15)16(22)18-7-6-12-10-19-20-11-12/h1,3-4,9-11,15H,2,5-8H2,(H,18,22)(H,19,20). The number of amides is 2. The van der Waals surface area contributed by atoms with Gasteiger partial charge in [-0.1, -0.05) is 23.7 Å². The van der Waals surface area contributed by atoms with Crippen molar-refractivity contribution in [2.75, 3.05) is 13.1 Å². The number of aromatic nitrogens is 2. The number of urea groups is 1. The van der Waals surface area contributed by atoms with Crippen LogP contribution in [0.3, 0.4) is 0 Å². The maximum absolute atomic E-state index is 12.4. The maximum Gasteiger partial charge on any atom is 0.317 e. The minimum absolute atomic E-state index is 0.00836. The number of carbonyl (C=O) groups is 1. The summed E-state index contributed by atoms with van der Waals surface area (Å²) >= 11 is 6.06. The van der Waals surface area contributed by atoms with E-state index in [9.17, 15) is 4.79 Å². The van der Waals surface area contributed by atoms with Crippen LogP contribution in [0.4, 0.5) is 4.79 Å². The molecule has 0 saturated carbocycles. The van der Waals surface area contributed by atoms with Crippen molar-refractivity contribution in [3.05, 3.63) is 52.8 Å². The Morgan fingerprint density at radius 3 is 3.18 bits per heavy atom. The van der Waals surface area contributed by atoms with Crippen LogP contribution in [0.5, 0.6) is 0 Å². The molecular weight excluding hydrogens is 300 g/mol. The fourth-order valence-corrected chi connectivity index (χ4v) is 3.10. The maximum atomic E-state index is 12.4. The zero-order chi connectivity index (χ0) is 15.4. The van der Waals surface area contributed by atoms with Crippen molar-refractivity contribution in [1.29, 1.82) is 0 Å². The van der Waals surface area contributed by atoms with Crippen molar-refractivity contribution in [3.8, 4) is 0 Å². The Hall–Kier alpha value is -2.01. The lowest BCUT2D eigenvalue weighted by atomic mass is 10.1. The molecule has 2 amide bonds. The van der Waals surface area contributed by atoms with Gasteiger partial charge in [-0.05, 0) is 42.5 Å². The Kier molecular flexibility index (Phi) is 4.63. The lowest BCUT2D eigenvalue weighted by Gasteiger charge is -2.25. The number of hydrogen-bond acceptors (Lipinski definition) is 2. The van der Waals surface area contributed by atoms with Gasteiger partial charge in [0.05, 0.1) is 12.2 Å². The molecule has 1 unspecified atom stereocenters. The molecule has 1 fully saturated rings. The number of nitrogens with zero attached hydrogens (tertiary/aromatic N) is 2. The summed E-state index contributed by atoms with van der Waals surface area (Å²) in [5, 5.41) is 10.4. The average Bonchev–Trinajstić information content (AvgIpc) is 3.18. The molecule has 0 bridgehead atoms. The third-order valence-corrected chi connectivity index (χ3v) is 4.23. The van der Waals surface area contributed by atoms with Crippen molar-refractivity contribution < 1.29 is 4.79 Å². The van der Waals surface area contributed by atoms with E-state index in [-0.39, 0.29) is 12.1 Å². The van der Waals surface area contributed by atoms with E-state index in [2.05, 4.69) is 15.5 Å². The molecule has 1 aromatic carbocycles. The number of rotatable bonds is 4. The predicted octanol–water partition coefficient (Wildman–Crippen LogP) is 3.15. The van der Waals surface area contributed by atoms with Crippen molar-refractivity contribution in [2.45, 2.75) is 25.3 Å². The minimum atomic E-state index is -0.00836. The first-order valence-electron chi connectivity index (χ1n) is 7.51. The normalized spacial score (nSPS) is 17.7. The molecule has 2 aromatic rings. The van der Waals surface area contributed by atoms with Gasteiger partial charge in [0.25, 0.3) is 0 Å². The minimum Gasteiger partial charge on any atom is -0.338 e. The van der Waals surface area contributed by atoms with Crippen molar-refractivity contribution in [2.24, 2.45) is 0 Å². The predicted molar refractivity (Wildman–Crippen MR) is 85.8 cm³/mol. The number of halogens is 1. The first kappa shape index (κ1) is 14.9. The van der Waals surface area contributed by atoms with Crippen LogP contribution in [0.15, 0.2) is 36.7 Å². The topological polar surface area (TPSA) is 61.0 Å². The summed E-state index contributed by atoms with van der Waals surface area (Å²) in [7, 11) is 0. The number of hydrogen-bond donors (Lipinski definition) is 2. The summed E-state index contributed by atoms with van der Waals surface area (Å²) in [6, 6.07) is 7.88. The van der Waals surface area contributed by atoms with Crippen LogP contribution < -0.4 is 5.32 Å². The van der Waals surface area contributed by atoms with E-state index < -0.39 is 0 Å². The summed E-state index contributed by atoms with van der Waals surface area (Å²) in [6.07, 6.45) is 6.40. The van der Waals surface area contributed by atoms with Crippen LogP contribution in [-0.2, 0) is 6.42 Å². The van der Waals surface area contributed by atoms with Crippen molar-refractivity contribution in [3.63, 3.8) is 0 Å². The Labute approximate surface area is 134 Å². The molecule has 0 aliphatic carbocycles. The summed E-state index contributed by atoms with van der Waals surface area (Å²) in [5.41, 5.74) is 2.20. The van der Waals surface area contributed by atoms with Gasteiger partial charge in [0.1, 0.15) is 0 Å². The fraction of sp³-hybridized carbons (Fsp3) is 0.375. The van der Waals surface area contributed by atoms with Crippen LogP contribution in [-0.4, -0.2) is 34.2 Å². The third-order valence-electron chi connectivity index (χ3n) is 3.99. The lowest BCUT2D eigenvalue weighted by Crippen LogP contribution is -2.40. The van der Waals surface area contributed by atoms with E-state index in [0.29, 0.717) is 11.6 Å². The Morgan fingerprint density at radius 1 is 1.50 bits per heavy atom. The molecule has 1 saturated heterocycles. The molecular formula is C16H19ClN4O. The zero-order valence-electron chi connectivity index (χ0n) is 12.3. The molecule has 5 nitrogen and oxygen atoms in total. The third kappa shape index (κ3) is 3.42. The van der Waals surface area contributed by atoms with Crippen LogP contribution in [0, 0.1) is 0 Å². The smallest absolute Gasteiger partial charge is 0.317 e. The molecule has 0 spiro atoms. The monoisotopic (exact) mass is 318 g/mol. The second-order valence-corrected chi connectivity index (χ2v) is 5.93. The molecule has 1 aliphatic heterocycles. The van der Waals surface area contributed by atoms with Crippen LogP contribution in [0.25, 0.3) is 0 Å². The second-order valence-electron chi connectivity index (χ2n) is 5.49. The summed E-state index contributed by atoms with van der Waals surface area (Å²) in [6.45, 7) is 1.39. The second kappa shape index (κ2) is 6.83. The quantitative estimate of drug-likeness (QED) is 0.909. The Balaban J connectivity index is 1.59. The fourth-order valence-electron chi connectivity index (χ4n) is 2.90. The molecule has 0 radical (unpaired) electrons. The van der Waals surface area contributed by atoms with E-state index in [1.165, 1.54) is 0 Å². The van der Waals surface area contributed by atoms with Gasteiger partial charge in [0.2, 0.25) is 0 Å². The van der Waals surface area contributed by atoms with Gasteiger partial charge in [-0.15, -0.1) is 0 Å². The number of carbonyl (C=O) groups excluding carboxylic acids is 1. The number of aromatic amines is 1. The van der Waals surface area contributed by atoms with E-state index in [4.69, 9.17) is 11.6 Å². The molecule has 116 valence electrons. The van der Waals surface area contributed by atoms with Crippen LogP contribution in [0.1, 0.15) is 30.0 Å². The van der Waals surface area contributed by atoms with Gasteiger partial charge >= 0.3 is 6.03 Å². The molecule has 1 aromatic heterocycles. The number of H-pyrrole nitrogens is 1. The van der Waals surface area contributed by atoms with Crippen molar-refractivity contribution in [1.82, 2.24) is 20.4 Å². The van der Waals surface area contributed by atoms with Crippen molar-refractivity contribution >= 4 is 17.6 Å². The lowest BCUT2D eigenvalue weighted by molar-refractivity contribution is 0.193. The molecule has 1 atom stereocenters. The van der Waals surface area contributed by atoms with E-state index >= 15 is 0 Å². The van der Waals surface area contributed by atoms with Gasteiger partial charge in [0.15, 0.2) is 0 Å². The van der Waals surface area contributed by atoms with Gasteiger partial charge in [-0.2, -0.15) is 5.10 Å². The highest BCUT2D eigenvalue weighted by molar-refractivity contribution is 6.30. The molecule has 22 heavy (non-hydrogen) atoms. The van der Waals surface area contributed by atoms with E-state index in [0.717, 1.165) is 36.9 Å². The first-order chi connectivity index (χ1) is 10.7. The van der Waals surface area contributed by atoms with E-state index in [1.54, 1.807) is 6.20 Å². The SMILES string of the molecule is O=C(NCCc1cn[nH]c1)N1CCCC1c1cccc(Cl)c1. The van der Waals surface area contributed by atoms with Crippen LogP contribution in [0.2, 0.25) is 5.02 Å². The first-order valence-corrected chi connectivity index (χ1v) is 7.89. The number of nitrogens with one attached hydrogen (secondary N) is 2. The highest BCUT2D eigenvalue weighted by atomic mass is 35.5. The van der Waals surface area contributed by atoms with Gasteiger partial charge in [-0.25, -0.2) is 4.79 Å². The number of benzene rings is 1. The molecule has 1 aliphatic rings. The summed E-state index contributed by atoms with van der Waals surface area (Å²) in [4.78, 5) is 14.3. The molecule has 2 heterocycles. The largest absolute Gasteiger partial charge is 0.338 e. The molecule has 3 rings (SSSR count). The molecule has 6 heteroatoms. The van der Waals surface area contributed by atoms with Gasteiger partial charge in [-0.3, -0.25) is 5.10 Å². The highest BCUT2D eigenvalue weighted by Crippen LogP contribution is 2.32. The van der Waals surface area contributed by atoms with Gasteiger partial charge < -0.3 is 10.2 Å². The average molecular weight is 319 g/mol. The zero-order valence-corrected chi connectivity index (χ0v) is 13.0. The van der Waals surface area contributed by atoms with Gasteiger partial charge in [0, 0.05) is 24.3 Å². The summed E-state index contributed by atoms with van der Waals surface area (Å²) in [5.74, 6) is 0. The number of likely N-dealkylation sites (tertiary alicyclic amines) is 1. The Bertz CT molecular complexity index is 629. The van der Waals surface area contributed by atoms with E-state index in [1.807, 2.05) is 35.4 Å². The molecule has 2 N–H and O–H groups in total.